The van der Waals surface area contributed by atoms with Crippen molar-refractivity contribution in [3.8, 4) is 0 Å². The zero-order valence-electron chi connectivity index (χ0n) is 14.5. The van der Waals surface area contributed by atoms with Crippen LogP contribution in [0.1, 0.15) is 96.8 Å². The van der Waals surface area contributed by atoms with Crippen LogP contribution in [0.25, 0.3) is 0 Å². The first-order valence-electron chi connectivity index (χ1n) is 8.64. The van der Waals surface area contributed by atoms with Crippen LogP contribution in [0, 0.1) is 0 Å². The van der Waals surface area contributed by atoms with Gasteiger partial charge in [-0.3, -0.25) is 4.79 Å². The Balaban J connectivity index is -0.00000180. The van der Waals surface area contributed by atoms with Crippen LogP contribution >= 0.6 is 0 Å². The van der Waals surface area contributed by atoms with Crippen LogP contribution in [0.2, 0.25) is 0 Å². The van der Waals surface area contributed by atoms with Crippen molar-refractivity contribution in [2.45, 2.75) is 96.8 Å². The van der Waals surface area contributed by atoms with Crippen LogP contribution in [0.5, 0.6) is 0 Å². The van der Waals surface area contributed by atoms with Gasteiger partial charge >= 0.3 is 25.4 Å². The van der Waals surface area contributed by atoms with E-state index in [0.717, 1.165) is 12.8 Å². The largest absolute Gasteiger partial charge is 2.00 e. The van der Waals surface area contributed by atoms with Gasteiger partial charge in [0, 0.05) is 6.42 Å². The summed E-state index contributed by atoms with van der Waals surface area (Å²) in [5.41, 5.74) is 0. The van der Waals surface area contributed by atoms with Crippen LogP contribution < -0.4 is 0 Å². The number of rotatable bonds is 15. The second kappa shape index (κ2) is 23.1. The molecule has 0 aromatic heterocycles. The molecule has 0 aliphatic carbocycles. The average Bonchev–Trinajstić information content (AvgIpc) is 2.43. The molecule has 3 nitrogen and oxygen atoms in total. The Labute approximate surface area is 150 Å². The molecule has 4 heteroatoms. The number of carboxylic acids is 1. The van der Waals surface area contributed by atoms with Crippen LogP contribution in [0.3, 0.4) is 0 Å². The number of hydrogen-bond donors (Lipinski definition) is 1. The molecule has 1 N–H and O–H groups in total. The monoisotopic (exact) mass is 362 g/mol. The summed E-state index contributed by atoms with van der Waals surface area (Å²) in [6.07, 6.45) is 21.2. The van der Waals surface area contributed by atoms with Gasteiger partial charge in [-0.05, 0) is 32.1 Å². The van der Waals surface area contributed by atoms with Gasteiger partial charge < -0.3 is 10.6 Å². The van der Waals surface area contributed by atoms with Gasteiger partial charge in [0.15, 0.2) is 0 Å². The van der Waals surface area contributed by atoms with Gasteiger partial charge in [-0.15, -0.1) is 0 Å². The molecule has 22 heavy (non-hydrogen) atoms. The average molecular weight is 364 g/mol. The Bertz CT molecular complexity index is 242. The van der Waals surface area contributed by atoms with Gasteiger partial charge in [0.05, 0.1) is 0 Å². The minimum atomic E-state index is -0.664. The summed E-state index contributed by atoms with van der Waals surface area (Å²) < 4.78 is 0. The van der Waals surface area contributed by atoms with Crippen molar-refractivity contribution in [3.05, 3.63) is 12.2 Å². The van der Waals surface area contributed by atoms with Crippen molar-refractivity contribution in [1.29, 1.82) is 0 Å². The summed E-state index contributed by atoms with van der Waals surface area (Å²) in [5, 5.41) is 8.51. The summed E-state index contributed by atoms with van der Waals surface area (Å²) in [6.45, 7) is 2.26. The summed E-state index contributed by atoms with van der Waals surface area (Å²) in [7, 11) is 0. The maximum atomic E-state index is 10.3. The molecule has 0 rings (SSSR count). The van der Waals surface area contributed by atoms with Crippen LogP contribution in [-0.2, 0) is 29.7 Å². The molecule has 0 unspecified atom stereocenters. The number of allylic oxidation sites excluding steroid dienone is 2. The first kappa shape index (κ1) is 26.7. The molecule has 0 heterocycles. The number of hydrogen-bond acceptors (Lipinski definition) is 1. The standard InChI is InChI=1S/C18H34O2.O.Zn/c1-2-3-4-5-6-7-8-9-10-11-12-13-14-15-16-17-18(19)20;;/h9-10H,2-8,11-17H2,1H3,(H,19,20);;/q;-2;+2. The molecule has 126 valence electrons. The van der Waals surface area contributed by atoms with Gasteiger partial charge in [0.1, 0.15) is 0 Å². The van der Waals surface area contributed by atoms with E-state index in [1.54, 1.807) is 0 Å². The predicted octanol–water partition coefficient (Wildman–Crippen LogP) is 5.99. The van der Waals surface area contributed by atoms with Gasteiger partial charge in [0.25, 0.3) is 0 Å². The number of carboxylic acid groups (broad SMARTS) is 1. The molecule has 0 radical (unpaired) electrons. The summed E-state index contributed by atoms with van der Waals surface area (Å²) in [5.74, 6) is -0.664. The fraction of sp³-hybridized carbons (Fsp3) is 0.833. The molecule has 0 aromatic rings. The van der Waals surface area contributed by atoms with E-state index in [1.165, 1.54) is 70.6 Å². The fourth-order valence-electron chi connectivity index (χ4n) is 2.35. The molecule has 0 saturated heterocycles. The van der Waals surface area contributed by atoms with E-state index in [2.05, 4.69) is 19.1 Å². The van der Waals surface area contributed by atoms with Crippen molar-refractivity contribution in [3.63, 3.8) is 0 Å². The molecule has 0 atom stereocenters. The maximum Gasteiger partial charge on any atom is 2.00 e. The zero-order chi connectivity index (χ0) is 14.9. The number of carbonyl (C=O) groups is 1. The topological polar surface area (TPSA) is 65.8 Å². The second-order valence-electron chi connectivity index (χ2n) is 5.73. The number of aliphatic carboxylic acids is 1. The van der Waals surface area contributed by atoms with Crippen LogP contribution in [0.15, 0.2) is 12.2 Å². The summed E-state index contributed by atoms with van der Waals surface area (Å²) >= 11 is 0. The smallest absolute Gasteiger partial charge is 2.00 e. The van der Waals surface area contributed by atoms with E-state index in [1.807, 2.05) is 0 Å². The number of unbranched alkanes of at least 4 members (excludes halogenated alkanes) is 11. The Kier molecular flexibility index (Phi) is 28.0. The Hall–Kier alpha value is -0.207. The molecular formula is C18H34O3Zn. The third kappa shape index (κ3) is 24.8. The Morgan fingerprint density at radius 2 is 1.18 bits per heavy atom. The van der Waals surface area contributed by atoms with Crippen LogP contribution in [-0.4, -0.2) is 11.1 Å². The molecule has 0 spiro atoms. The van der Waals surface area contributed by atoms with E-state index in [-0.39, 0.29) is 25.0 Å². The third-order valence-electron chi connectivity index (χ3n) is 3.65. The van der Waals surface area contributed by atoms with Crippen LogP contribution in [0.4, 0.5) is 0 Å². The van der Waals surface area contributed by atoms with Gasteiger partial charge in [-0.1, -0.05) is 70.4 Å². The summed E-state index contributed by atoms with van der Waals surface area (Å²) in [6, 6.07) is 0. The first-order chi connectivity index (χ1) is 9.77. The van der Waals surface area contributed by atoms with E-state index in [9.17, 15) is 4.79 Å². The van der Waals surface area contributed by atoms with Crippen molar-refractivity contribution >= 4 is 5.97 Å². The quantitative estimate of drug-likeness (QED) is 0.221. The van der Waals surface area contributed by atoms with Crippen molar-refractivity contribution < 1.29 is 34.9 Å². The van der Waals surface area contributed by atoms with Gasteiger partial charge in [-0.25, -0.2) is 0 Å². The zero-order valence-corrected chi connectivity index (χ0v) is 17.5. The first-order valence-corrected chi connectivity index (χ1v) is 8.64. The fourth-order valence-corrected chi connectivity index (χ4v) is 2.35. The second-order valence-corrected chi connectivity index (χ2v) is 5.73. The molecule has 0 aliphatic rings. The van der Waals surface area contributed by atoms with Gasteiger partial charge in [-0.2, -0.15) is 0 Å². The molecule has 0 aromatic carbocycles. The van der Waals surface area contributed by atoms with E-state index < -0.39 is 5.97 Å². The van der Waals surface area contributed by atoms with Gasteiger partial charge in [0.2, 0.25) is 0 Å². The van der Waals surface area contributed by atoms with E-state index in [0.29, 0.717) is 6.42 Å². The minimum absolute atomic E-state index is 0. The maximum absolute atomic E-state index is 10.3. The molecule has 0 fully saturated rings. The normalized spacial score (nSPS) is 10.2. The molecule has 0 amide bonds. The van der Waals surface area contributed by atoms with Crippen molar-refractivity contribution in [2.24, 2.45) is 0 Å². The SMILES string of the molecule is CCCCCCCCC=CCCCCCCCC(=O)O.[O-2].[Zn+2]. The summed E-state index contributed by atoms with van der Waals surface area (Å²) in [4.78, 5) is 10.3. The molecule has 0 aliphatic heterocycles. The molecule has 0 bridgehead atoms. The van der Waals surface area contributed by atoms with E-state index >= 15 is 0 Å². The molecule has 0 saturated carbocycles. The Morgan fingerprint density at radius 3 is 1.64 bits per heavy atom. The molecular weight excluding hydrogens is 330 g/mol. The predicted molar refractivity (Wildman–Crippen MR) is 87.8 cm³/mol. The minimum Gasteiger partial charge on any atom is -2.00 e. The van der Waals surface area contributed by atoms with E-state index in [4.69, 9.17) is 5.11 Å². The van der Waals surface area contributed by atoms with Crippen molar-refractivity contribution in [2.75, 3.05) is 0 Å². The third-order valence-corrected chi connectivity index (χ3v) is 3.65. The van der Waals surface area contributed by atoms with Crippen molar-refractivity contribution in [1.82, 2.24) is 0 Å². The Morgan fingerprint density at radius 1 is 0.773 bits per heavy atom.